The molecule has 2 aromatic heterocycles. The number of hydrogen-bond acceptors (Lipinski definition) is 5. The van der Waals surface area contributed by atoms with Crippen LogP contribution in [0.15, 0.2) is 22.7 Å². The van der Waals surface area contributed by atoms with Crippen LogP contribution in [0, 0.1) is 12.7 Å². The largest absolute Gasteiger partial charge is 0.369 e. The van der Waals surface area contributed by atoms with Gasteiger partial charge in [0, 0.05) is 13.0 Å². The van der Waals surface area contributed by atoms with Gasteiger partial charge in [0.25, 0.3) is 0 Å². The predicted molar refractivity (Wildman–Crippen MR) is 66.8 cm³/mol. The Kier molecular flexibility index (Phi) is 2.66. The van der Waals surface area contributed by atoms with Gasteiger partial charge >= 0.3 is 0 Å². The highest BCUT2D eigenvalue weighted by Crippen LogP contribution is 2.19. The summed E-state index contributed by atoms with van der Waals surface area (Å²) in [4.78, 5) is 8.29. The highest BCUT2D eigenvalue weighted by atomic mass is 19.1. The van der Waals surface area contributed by atoms with Gasteiger partial charge in [0.05, 0.1) is 11.0 Å². The van der Waals surface area contributed by atoms with Crippen molar-refractivity contribution in [1.82, 2.24) is 19.7 Å². The topological polar surface area (TPSA) is 82.8 Å². The molecule has 19 heavy (non-hydrogen) atoms. The number of fused-ring (bicyclic) bond motifs is 1. The summed E-state index contributed by atoms with van der Waals surface area (Å²) in [6.07, 6.45) is 0.521. The SMILES string of the molecule is Cc1noc(CCn2c(N)nc3ccc(F)cc32)n1. The third kappa shape index (κ3) is 2.14. The maximum absolute atomic E-state index is 13.3. The summed E-state index contributed by atoms with van der Waals surface area (Å²) in [7, 11) is 0. The molecular weight excluding hydrogens is 249 g/mol. The van der Waals surface area contributed by atoms with Crippen molar-refractivity contribution in [3.05, 3.63) is 35.7 Å². The van der Waals surface area contributed by atoms with Gasteiger partial charge in [0.15, 0.2) is 5.82 Å². The number of aromatic nitrogens is 4. The lowest BCUT2D eigenvalue weighted by Gasteiger charge is -2.03. The molecular formula is C12H12FN5O. The Morgan fingerprint density at radius 1 is 1.37 bits per heavy atom. The fraction of sp³-hybridized carbons (Fsp3) is 0.250. The summed E-state index contributed by atoms with van der Waals surface area (Å²) < 4.78 is 20.0. The molecule has 0 atom stereocenters. The fourth-order valence-corrected chi connectivity index (χ4v) is 2.00. The molecule has 98 valence electrons. The second-order valence-electron chi connectivity index (χ2n) is 4.24. The first-order valence-electron chi connectivity index (χ1n) is 5.84. The van der Waals surface area contributed by atoms with Crippen LogP contribution in [0.1, 0.15) is 11.7 Å². The maximum atomic E-state index is 13.3. The molecule has 0 saturated carbocycles. The number of nitrogens with two attached hydrogens (primary N) is 1. The molecule has 0 spiro atoms. The lowest BCUT2D eigenvalue weighted by Crippen LogP contribution is -2.06. The van der Waals surface area contributed by atoms with Crippen LogP contribution in [-0.2, 0) is 13.0 Å². The molecule has 0 aliphatic heterocycles. The highest BCUT2D eigenvalue weighted by molar-refractivity contribution is 5.78. The van der Waals surface area contributed by atoms with Crippen molar-refractivity contribution < 1.29 is 8.91 Å². The van der Waals surface area contributed by atoms with Crippen molar-refractivity contribution in [3.8, 4) is 0 Å². The predicted octanol–water partition coefficient (Wildman–Crippen LogP) is 1.69. The van der Waals surface area contributed by atoms with Gasteiger partial charge in [-0.2, -0.15) is 4.98 Å². The second-order valence-corrected chi connectivity index (χ2v) is 4.24. The zero-order valence-electron chi connectivity index (χ0n) is 10.3. The van der Waals surface area contributed by atoms with E-state index in [1.165, 1.54) is 12.1 Å². The van der Waals surface area contributed by atoms with Gasteiger partial charge in [-0.25, -0.2) is 9.37 Å². The Bertz CT molecular complexity index is 733. The standard InChI is InChI=1S/C12H12FN5O/c1-7-15-11(19-17-7)4-5-18-10-6-8(13)2-3-9(10)16-12(18)14/h2-3,6H,4-5H2,1H3,(H2,14,16). The molecule has 6 nitrogen and oxygen atoms in total. The fourth-order valence-electron chi connectivity index (χ4n) is 2.00. The zero-order valence-corrected chi connectivity index (χ0v) is 10.3. The summed E-state index contributed by atoms with van der Waals surface area (Å²) in [6, 6.07) is 4.38. The molecule has 2 N–H and O–H groups in total. The van der Waals surface area contributed by atoms with Crippen LogP contribution in [0.3, 0.4) is 0 Å². The molecule has 2 heterocycles. The lowest BCUT2D eigenvalue weighted by molar-refractivity contribution is 0.369. The van der Waals surface area contributed by atoms with E-state index in [2.05, 4.69) is 15.1 Å². The van der Waals surface area contributed by atoms with Gasteiger partial charge in [-0.15, -0.1) is 0 Å². The molecule has 1 aromatic carbocycles. The number of benzene rings is 1. The van der Waals surface area contributed by atoms with Crippen LogP contribution in [0.2, 0.25) is 0 Å². The minimum atomic E-state index is -0.317. The molecule has 0 bridgehead atoms. The van der Waals surface area contributed by atoms with Crippen molar-refractivity contribution in [2.45, 2.75) is 19.9 Å². The smallest absolute Gasteiger partial charge is 0.228 e. The second kappa shape index (κ2) is 4.34. The Morgan fingerprint density at radius 2 is 2.21 bits per heavy atom. The van der Waals surface area contributed by atoms with Crippen molar-refractivity contribution >= 4 is 17.0 Å². The quantitative estimate of drug-likeness (QED) is 0.775. The summed E-state index contributed by atoms with van der Waals surface area (Å²) in [5.74, 6) is 1.14. The van der Waals surface area contributed by atoms with E-state index >= 15 is 0 Å². The number of nitrogens with zero attached hydrogens (tertiary/aromatic N) is 4. The van der Waals surface area contributed by atoms with Crippen LogP contribution in [-0.4, -0.2) is 19.7 Å². The van der Waals surface area contributed by atoms with E-state index in [1.807, 2.05) is 0 Å². The summed E-state index contributed by atoms with van der Waals surface area (Å²) in [6.45, 7) is 2.26. The summed E-state index contributed by atoms with van der Waals surface area (Å²) in [5, 5.41) is 3.71. The van der Waals surface area contributed by atoms with E-state index in [1.54, 1.807) is 17.6 Å². The molecule has 0 aliphatic carbocycles. The molecule has 0 aliphatic rings. The van der Waals surface area contributed by atoms with E-state index in [4.69, 9.17) is 10.3 Å². The minimum absolute atomic E-state index is 0.317. The Morgan fingerprint density at radius 3 is 2.95 bits per heavy atom. The number of anilines is 1. The maximum Gasteiger partial charge on any atom is 0.228 e. The highest BCUT2D eigenvalue weighted by Gasteiger charge is 2.10. The van der Waals surface area contributed by atoms with E-state index in [0.717, 1.165) is 0 Å². The molecule has 0 fully saturated rings. The van der Waals surface area contributed by atoms with E-state index < -0.39 is 0 Å². The molecule has 0 saturated heterocycles. The Hall–Kier alpha value is -2.44. The van der Waals surface area contributed by atoms with Crippen molar-refractivity contribution in [3.63, 3.8) is 0 Å². The van der Waals surface area contributed by atoms with Gasteiger partial charge in [0.1, 0.15) is 5.82 Å². The molecule has 7 heteroatoms. The number of rotatable bonds is 3. The van der Waals surface area contributed by atoms with E-state index in [0.29, 0.717) is 41.7 Å². The van der Waals surface area contributed by atoms with Gasteiger partial charge in [-0.3, -0.25) is 0 Å². The van der Waals surface area contributed by atoms with E-state index in [9.17, 15) is 4.39 Å². The number of hydrogen-bond donors (Lipinski definition) is 1. The van der Waals surface area contributed by atoms with Crippen LogP contribution >= 0.6 is 0 Å². The number of imidazole rings is 1. The number of aryl methyl sites for hydroxylation is 3. The van der Waals surface area contributed by atoms with Crippen molar-refractivity contribution in [2.24, 2.45) is 0 Å². The third-order valence-corrected chi connectivity index (χ3v) is 2.86. The van der Waals surface area contributed by atoms with Crippen LogP contribution in [0.25, 0.3) is 11.0 Å². The number of halogens is 1. The van der Waals surface area contributed by atoms with Crippen LogP contribution in [0.4, 0.5) is 10.3 Å². The third-order valence-electron chi connectivity index (χ3n) is 2.86. The van der Waals surface area contributed by atoms with Gasteiger partial charge in [0.2, 0.25) is 11.8 Å². The normalized spacial score (nSPS) is 11.3. The van der Waals surface area contributed by atoms with Gasteiger partial charge < -0.3 is 14.8 Å². The first kappa shape index (κ1) is 11.6. The Labute approximate surface area is 108 Å². The average Bonchev–Trinajstić information content (AvgIpc) is 2.90. The zero-order chi connectivity index (χ0) is 13.4. The van der Waals surface area contributed by atoms with Crippen LogP contribution < -0.4 is 5.73 Å². The first-order valence-corrected chi connectivity index (χ1v) is 5.84. The van der Waals surface area contributed by atoms with E-state index in [-0.39, 0.29) is 5.82 Å². The number of nitrogen functional groups attached to an aromatic ring is 1. The summed E-state index contributed by atoms with van der Waals surface area (Å²) >= 11 is 0. The van der Waals surface area contributed by atoms with Crippen molar-refractivity contribution in [2.75, 3.05) is 5.73 Å². The van der Waals surface area contributed by atoms with Gasteiger partial charge in [-0.1, -0.05) is 5.16 Å². The molecule has 0 amide bonds. The minimum Gasteiger partial charge on any atom is -0.369 e. The Balaban J connectivity index is 1.91. The molecule has 3 rings (SSSR count). The van der Waals surface area contributed by atoms with Crippen molar-refractivity contribution in [1.29, 1.82) is 0 Å². The van der Waals surface area contributed by atoms with Gasteiger partial charge in [-0.05, 0) is 25.1 Å². The first-order chi connectivity index (χ1) is 9.13. The van der Waals surface area contributed by atoms with Crippen LogP contribution in [0.5, 0.6) is 0 Å². The average molecular weight is 261 g/mol. The molecule has 0 radical (unpaired) electrons. The monoisotopic (exact) mass is 261 g/mol. The molecule has 0 unspecified atom stereocenters. The molecule has 3 aromatic rings. The summed E-state index contributed by atoms with van der Waals surface area (Å²) in [5.41, 5.74) is 7.16. The lowest BCUT2D eigenvalue weighted by atomic mass is 10.3.